The van der Waals surface area contributed by atoms with E-state index in [4.69, 9.17) is 4.42 Å². The van der Waals surface area contributed by atoms with E-state index in [9.17, 15) is 13.5 Å². The topological polar surface area (TPSA) is 97.4 Å². The maximum absolute atomic E-state index is 12.3. The van der Waals surface area contributed by atoms with Crippen LogP contribution in [0, 0.1) is 0 Å². The molecule has 0 aliphatic rings. The van der Waals surface area contributed by atoms with Crippen molar-refractivity contribution >= 4 is 21.4 Å². The lowest BCUT2D eigenvalue weighted by Gasteiger charge is -2.09. The smallest absolute Gasteiger partial charge is 0.259 e. The third-order valence-electron chi connectivity index (χ3n) is 3.64. The summed E-state index contributed by atoms with van der Waals surface area (Å²) in [5.74, 6) is 0.711. The van der Waals surface area contributed by atoms with E-state index in [-0.39, 0.29) is 17.6 Å². The second kappa shape index (κ2) is 7.12. The molecule has 2 N–H and O–H groups in total. The fourth-order valence-electron chi connectivity index (χ4n) is 2.19. The molecule has 0 aromatic carbocycles. The minimum absolute atomic E-state index is 0.0594. The third kappa shape index (κ3) is 4.01. The van der Waals surface area contributed by atoms with Crippen molar-refractivity contribution in [3.05, 3.63) is 47.9 Å². The molecule has 0 aliphatic carbocycles. The first-order valence-corrected chi connectivity index (χ1v) is 10.0. The van der Waals surface area contributed by atoms with Gasteiger partial charge >= 0.3 is 0 Å². The summed E-state index contributed by atoms with van der Waals surface area (Å²) in [6.45, 7) is 3.74. The van der Waals surface area contributed by atoms with Crippen LogP contribution in [-0.4, -0.2) is 29.6 Å². The van der Waals surface area contributed by atoms with E-state index < -0.39 is 16.1 Å². The van der Waals surface area contributed by atoms with Crippen LogP contribution >= 0.6 is 11.3 Å². The van der Waals surface area contributed by atoms with Gasteiger partial charge in [-0.05, 0) is 38.1 Å². The number of nitrogens with zero attached hydrogens (tertiary/aromatic N) is 2. The van der Waals surface area contributed by atoms with Gasteiger partial charge in [0.1, 0.15) is 11.9 Å². The molecule has 3 aromatic rings. The lowest BCUT2D eigenvalue weighted by Crippen LogP contribution is -2.28. The van der Waals surface area contributed by atoms with E-state index >= 15 is 0 Å². The highest BCUT2D eigenvalue weighted by atomic mass is 32.2. The number of aromatic nitrogens is 2. The first-order chi connectivity index (χ1) is 11.9. The fourth-order valence-corrected chi connectivity index (χ4v) is 4.12. The lowest BCUT2D eigenvalue weighted by atomic mass is 10.3. The van der Waals surface area contributed by atoms with Gasteiger partial charge in [0.15, 0.2) is 5.03 Å². The standard InChI is InChI=1S/C16H19N3O4S2/c1-11(2)19-9-16(17-10-19)25(21,22)18-8-12(20)14-5-6-15(24-14)13-4-3-7-23-13/h3-7,9-12,18,20H,8H2,1-2H3. The highest BCUT2D eigenvalue weighted by Gasteiger charge is 2.21. The summed E-state index contributed by atoms with van der Waals surface area (Å²) in [5.41, 5.74) is 0. The molecule has 3 rings (SSSR count). The van der Waals surface area contributed by atoms with E-state index in [0.29, 0.717) is 10.6 Å². The highest BCUT2D eigenvalue weighted by molar-refractivity contribution is 7.89. The largest absolute Gasteiger partial charge is 0.464 e. The number of imidazole rings is 1. The lowest BCUT2D eigenvalue weighted by molar-refractivity contribution is 0.185. The minimum atomic E-state index is -3.77. The molecule has 1 unspecified atom stereocenters. The Kier molecular flexibility index (Phi) is 5.09. The molecule has 0 amide bonds. The molecule has 0 fully saturated rings. The van der Waals surface area contributed by atoms with Gasteiger partial charge in [0.05, 0.1) is 17.5 Å². The number of furan rings is 1. The van der Waals surface area contributed by atoms with Crippen molar-refractivity contribution in [2.75, 3.05) is 6.54 Å². The van der Waals surface area contributed by atoms with Crippen LogP contribution in [0.3, 0.4) is 0 Å². The SMILES string of the molecule is CC(C)n1cnc(S(=O)(=O)NCC(O)c2ccc(-c3ccco3)s2)c1. The van der Waals surface area contributed by atoms with Crippen molar-refractivity contribution in [3.8, 4) is 10.6 Å². The van der Waals surface area contributed by atoms with Crippen LogP contribution in [0.25, 0.3) is 10.6 Å². The Hall–Kier alpha value is -1.94. The van der Waals surface area contributed by atoms with E-state index in [1.807, 2.05) is 26.0 Å². The van der Waals surface area contributed by atoms with Crippen molar-refractivity contribution in [2.24, 2.45) is 0 Å². The Morgan fingerprint density at radius 2 is 2.16 bits per heavy atom. The zero-order valence-electron chi connectivity index (χ0n) is 13.8. The Labute approximate surface area is 150 Å². The Bertz CT molecular complexity index is 926. The summed E-state index contributed by atoms with van der Waals surface area (Å²) in [7, 11) is -3.77. The molecular formula is C16H19N3O4S2. The maximum Gasteiger partial charge on any atom is 0.259 e. The van der Waals surface area contributed by atoms with Crippen LogP contribution in [0.1, 0.15) is 30.9 Å². The normalized spacial score (nSPS) is 13.4. The van der Waals surface area contributed by atoms with Crippen LogP contribution in [-0.2, 0) is 10.0 Å². The summed E-state index contributed by atoms with van der Waals surface area (Å²) in [6, 6.07) is 7.33. The average Bonchev–Trinajstić information content (AvgIpc) is 3.33. The van der Waals surface area contributed by atoms with Gasteiger partial charge in [-0.15, -0.1) is 11.3 Å². The number of aliphatic hydroxyl groups is 1. The summed E-state index contributed by atoms with van der Waals surface area (Å²) in [5, 5.41) is 10.2. The van der Waals surface area contributed by atoms with Crippen LogP contribution in [0.4, 0.5) is 0 Å². The van der Waals surface area contributed by atoms with E-state index in [1.54, 1.807) is 23.0 Å². The maximum atomic E-state index is 12.3. The van der Waals surface area contributed by atoms with Gasteiger partial charge in [0, 0.05) is 23.7 Å². The van der Waals surface area contributed by atoms with Crippen LogP contribution in [0.5, 0.6) is 0 Å². The molecule has 0 spiro atoms. The molecule has 3 aromatic heterocycles. The molecular weight excluding hydrogens is 362 g/mol. The van der Waals surface area contributed by atoms with E-state index in [2.05, 4.69) is 9.71 Å². The summed E-state index contributed by atoms with van der Waals surface area (Å²) < 4.78 is 34.0. The monoisotopic (exact) mass is 381 g/mol. The predicted octanol–water partition coefficient (Wildman–Crippen LogP) is 2.80. The minimum Gasteiger partial charge on any atom is -0.464 e. The molecule has 1 atom stereocenters. The molecule has 134 valence electrons. The molecule has 0 bridgehead atoms. The summed E-state index contributed by atoms with van der Waals surface area (Å²) >= 11 is 1.35. The van der Waals surface area contributed by atoms with Gasteiger partial charge in [0.2, 0.25) is 0 Å². The van der Waals surface area contributed by atoms with Crippen molar-refractivity contribution in [1.29, 1.82) is 0 Å². The van der Waals surface area contributed by atoms with Gasteiger partial charge in [-0.25, -0.2) is 18.1 Å². The first kappa shape index (κ1) is 17.9. The van der Waals surface area contributed by atoms with Crippen LogP contribution in [0.2, 0.25) is 0 Å². The van der Waals surface area contributed by atoms with Crippen molar-refractivity contribution in [2.45, 2.75) is 31.0 Å². The van der Waals surface area contributed by atoms with Crippen molar-refractivity contribution in [3.63, 3.8) is 0 Å². The molecule has 0 aliphatic heterocycles. The Morgan fingerprint density at radius 1 is 1.36 bits per heavy atom. The van der Waals surface area contributed by atoms with Gasteiger partial charge in [0.25, 0.3) is 10.0 Å². The number of hydrogen-bond acceptors (Lipinski definition) is 6. The first-order valence-electron chi connectivity index (χ1n) is 7.71. The van der Waals surface area contributed by atoms with Crippen molar-refractivity contribution < 1.29 is 17.9 Å². The van der Waals surface area contributed by atoms with Gasteiger partial charge in [-0.1, -0.05) is 0 Å². The Morgan fingerprint density at radius 3 is 2.80 bits per heavy atom. The van der Waals surface area contributed by atoms with Crippen molar-refractivity contribution in [1.82, 2.24) is 14.3 Å². The van der Waals surface area contributed by atoms with Gasteiger partial charge in [-0.3, -0.25) is 0 Å². The molecule has 0 radical (unpaired) electrons. The van der Waals surface area contributed by atoms with Crippen LogP contribution in [0.15, 0.2) is 52.5 Å². The van der Waals surface area contributed by atoms with Gasteiger partial charge < -0.3 is 14.1 Å². The third-order valence-corrected chi connectivity index (χ3v) is 6.14. The Balaban J connectivity index is 1.66. The highest BCUT2D eigenvalue weighted by Crippen LogP contribution is 2.31. The van der Waals surface area contributed by atoms with Gasteiger partial charge in [-0.2, -0.15) is 0 Å². The predicted molar refractivity (Wildman–Crippen MR) is 94.8 cm³/mol. The number of hydrogen-bond donors (Lipinski definition) is 2. The molecule has 9 heteroatoms. The second-order valence-electron chi connectivity index (χ2n) is 5.80. The second-order valence-corrected chi connectivity index (χ2v) is 8.63. The van der Waals surface area contributed by atoms with E-state index in [0.717, 1.165) is 4.88 Å². The molecule has 7 nitrogen and oxygen atoms in total. The number of aliphatic hydroxyl groups excluding tert-OH is 1. The quantitative estimate of drug-likeness (QED) is 0.656. The van der Waals surface area contributed by atoms with Crippen LogP contribution < -0.4 is 4.72 Å². The summed E-state index contributed by atoms with van der Waals surface area (Å²) in [4.78, 5) is 5.45. The van der Waals surface area contributed by atoms with E-state index in [1.165, 1.54) is 23.9 Å². The number of nitrogens with one attached hydrogen (secondary N) is 1. The fraction of sp³-hybridized carbons (Fsp3) is 0.312. The number of rotatable bonds is 7. The zero-order chi connectivity index (χ0) is 18.0. The zero-order valence-corrected chi connectivity index (χ0v) is 15.4. The number of sulfonamides is 1. The number of thiophene rings is 1. The molecule has 0 saturated heterocycles. The molecule has 25 heavy (non-hydrogen) atoms. The molecule has 3 heterocycles. The average molecular weight is 381 g/mol. The molecule has 0 saturated carbocycles. The summed E-state index contributed by atoms with van der Waals surface area (Å²) in [6.07, 6.45) is 3.58.